The normalized spacial score (nSPS) is 12.3. The molecule has 0 unspecified atom stereocenters. The Bertz CT molecular complexity index is 1410. The zero-order valence-corrected chi connectivity index (χ0v) is 28.0. The number of halogens is 2. The van der Waals surface area contributed by atoms with Gasteiger partial charge in [-0.05, 0) is 54.9 Å². The number of fused-ring (bicyclic) bond motifs is 1. The van der Waals surface area contributed by atoms with Crippen LogP contribution in [0.1, 0.15) is 86.3 Å². The summed E-state index contributed by atoms with van der Waals surface area (Å²) < 4.78 is 37.8. The Morgan fingerprint density at radius 1 is 0.889 bits per heavy atom. The molecule has 0 atom stereocenters. The van der Waals surface area contributed by atoms with Gasteiger partial charge < -0.3 is 34.1 Å². The molecule has 248 valence electrons. The highest BCUT2D eigenvalue weighted by molar-refractivity contribution is 8.93. The topological polar surface area (TPSA) is 156 Å². The molecule has 0 aliphatic carbocycles. The molecule has 45 heavy (non-hydrogen) atoms. The average molecular weight is 698 g/mol. The molecule has 0 radical (unpaired) electrons. The number of amidine groups is 1. The molecule has 0 amide bonds. The van der Waals surface area contributed by atoms with E-state index < -0.39 is 23.2 Å². The lowest BCUT2D eigenvalue weighted by Gasteiger charge is -2.26. The van der Waals surface area contributed by atoms with E-state index in [0.29, 0.717) is 53.9 Å². The van der Waals surface area contributed by atoms with Crippen LogP contribution >= 0.6 is 17.0 Å². The van der Waals surface area contributed by atoms with Crippen LogP contribution in [0.25, 0.3) is 0 Å². The first-order chi connectivity index (χ1) is 20.8. The molecule has 0 aromatic heterocycles. The van der Waals surface area contributed by atoms with Crippen LogP contribution in [0, 0.1) is 11.2 Å². The van der Waals surface area contributed by atoms with E-state index in [9.17, 15) is 14.4 Å². The molecule has 0 fully saturated rings. The van der Waals surface area contributed by atoms with E-state index in [0.717, 1.165) is 0 Å². The number of Topliss-reactive ketones (excluding diaryl/α,β-unsaturated/α-hetero) is 1. The lowest BCUT2D eigenvalue weighted by molar-refractivity contribution is -0.138. The van der Waals surface area contributed by atoms with Crippen LogP contribution < -0.4 is 18.9 Å². The van der Waals surface area contributed by atoms with Gasteiger partial charge in [-0.3, -0.25) is 19.8 Å². The van der Waals surface area contributed by atoms with Crippen LogP contribution in [0.3, 0.4) is 0 Å². The molecule has 13 heteroatoms. The minimum Gasteiger partial charge on any atom is -0.493 e. The molecule has 1 aliphatic rings. The second-order valence-electron chi connectivity index (χ2n) is 11.6. The zero-order valence-electron chi connectivity index (χ0n) is 26.3. The highest BCUT2D eigenvalue weighted by atomic mass is 79.9. The Morgan fingerprint density at radius 3 is 2.02 bits per heavy atom. The quantitative estimate of drug-likeness (QED) is 0.132. The number of benzene rings is 2. The monoisotopic (exact) mass is 696 g/mol. The second-order valence-corrected chi connectivity index (χ2v) is 11.6. The number of ether oxygens (including phenoxy) is 4. The number of nitrogens with zero attached hydrogens (tertiary/aromatic N) is 1. The number of methoxy groups -OCH3 is 2. The molecule has 3 N–H and O–H groups in total. The summed E-state index contributed by atoms with van der Waals surface area (Å²) in [6.45, 7) is 6.24. The van der Waals surface area contributed by atoms with Gasteiger partial charge in [0.05, 0.1) is 39.5 Å². The molecular formula is C32H42BrFN2O9. The highest BCUT2D eigenvalue weighted by Gasteiger charge is 2.33. The Balaban J connectivity index is 0.00000705. The molecule has 0 spiro atoms. The van der Waals surface area contributed by atoms with Crippen LogP contribution in [-0.4, -0.2) is 72.6 Å². The van der Waals surface area contributed by atoms with Gasteiger partial charge in [-0.15, -0.1) is 17.0 Å². The molecular weight excluding hydrogens is 655 g/mol. The number of nitrogens with one attached hydrogen (secondary N) is 1. The van der Waals surface area contributed by atoms with Crippen LogP contribution in [0.15, 0.2) is 18.2 Å². The zero-order chi connectivity index (χ0) is 32.6. The van der Waals surface area contributed by atoms with E-state index in [4.69, 9.17) is 34.6 Å². The van der Waals surface area contributed by atoms with Crippen LogP contribution in [0.4, 0.5) is 4.39 Å². The van der Waals surface area contributed by atoms with Crippen molar-refractivity contribution in [1.29, 1.82) is 5.41 Å². The minimum absolute atomic E-state index is 0. The molecule has 1 aliphatic heterocycles. The van der Waals surface area contributed by atoms with Crippen molar-refractivity contribution in [2.45, 2.75) is 71.3 Å². The number of hydrogen-bond acceptors (Lipinski definition) is 8. The Kier molecular flexibility index (Phi) is 13.6. The fraction of sp³-hybridized carbons (Fsp3) is 0.500. The molecule has 0 saturated heterocycles. The highest BCUT2D eigenvalue weighted by Crippen LogP contribution is 2.41. The number of rotatable bonds is 17. The summed E-state index contributed by atoms with van der Waals surface area (Å²) in [6.07, 6.45) is 1.84. The summed E-state index contributed by atoms with van der Waals surface area (Å²) in [7, 11) is 2.71. The van der Waals surface area contributed by atoms with Crippen molar-refractivity contribution < 1.29 is 47.9 Å². The largest absolute Gasteiger partial charge is 0.493 e. The third-order valence-electron chi connectivity index (χ3n) is 7.20. The number of ketones is 1. The summed E-state index contributed by atoms with van der Waals surface area (Å²) in [5.41, 5.74) is 1.09. The molecule has 3 rings (SSSR count). The van der Waals surface area contributed by atoms with Crippen LogP contribution in [0.2, 0.25) is 0 Å². The number of carboxylic acid groups (broad SMARTS) is 2. The van der Waals surface area contributed by atoms with Gasteiger partial charge in [0.25, 0.3) is 0 Å². The summed E-state index contributed by atoms with van der Waals surface area (Å²) >= 11 is 0. The predicted molar refractivity (Wildman–Crippen MR) is 171 cm³/mol. The maximum atomic E-state index is 15.2. The van der Waals surface area contributed by atoms with E-state index in [2.05, 4.69) is 0 Å². The SMILES string of the molecule is Br.COc1cc2c(c(F)c1OC)C(=N)N(CC(=O)c1cc(OCCCCC(=O)O)c(OCCCCC(=O)O)c(C(C)(C)C)c1)C2. The van der Waals surface area contributed by atoms with E-state index >= 15 is 4.39 Å². The molecule has 0 saturated carbocycles. The van der Waals surface area contributed by atoms with Gasteiger partial charge in [0.2, 0.25) is 0 Å². The first-order valence-corrected chi connectivity index (χ1v) is 14.5. The lowest BCUT2D eigenvalue weighted by Crippen LogP contribution is -2.30. The summed E-state index contributed by atoms with van der Waals surface area (Å²) in [6, 6.07) is 4.90. The number of hydrogen-bond donors (Lipinski definition) is 3. The maximum Gasteiger partial charge on any atom is 0.303 e. The third-order valence-corrected chi connectivity index (χ3v) is 7.20. The Hall–Kier alpha value is -3.87. The molecule has 2 aromatic carbocycles. The number of carboxylic acids is 2. The van der Waals surface area contributed by atoms with Crippen molar-refractivity contribution in [2.24, 2.45) is 0 Å². The summed E-state index contributed by atoms with van der Waals surface area (Å²) in [5, 5.41) is 26.5. The molecule has 1 heterocycles. The summed E-state index contributed by atoms with van der Waals surface area (Å²) in [4.78, 5) is 37.0. The van der Waals surface area contributed by atoms with Crippen molar-refractivity contribution in [3.05, 3.63) is 46.3 Å². The van der Waals surface area contributed by atoms with Gasteiger partial charge >= 0.3 is 11.9 Å². The smallest absolute Gasteiger partial charge is 0.303 e. The average Bonchev–Trinajstić information content (AvgIpc) is 3.26. The van der Waals surface area contributed by atoms with Gasteiger partial charge in [0.15, 0.2) is 34.6 Å². The van der Waals surface area contributed by atoms with Crippen molar-refractivity contribution in [1.82, 2.24) is 4.90 Å². The van der Waals surface area contributed by atoms with E-state index in [1.807, 2.05) is 20.8 Å². The third kappa shape index (κ3) is 9.56. The lowest BCUT2D eigenvalue weighted by atomic mass is 9.84. The van der Waals surface area contributed by atoms with Crippen molar-refractivity contribution in [3.8, 4) is 23.0 Å². The first-order valence-electron chi connectivity index (χ1n) is 14.5. The van der Waals surface area contributed by atoms with Gasteiger partial charge in [0.1, 0.15) is 5.84 Å². The standard InChI is InChI=1S/C32H41FN2O9.BrH/c1-32(2,3)21-14-19(15-24(43-12-8-6-10-25(37)38)29(21)44-13-9-7-11-26(39)40)22(36)18-35-17-20-16-23(41-4)30(42-5)28(33)27(20)31(35)34;/h14-16,34H,6-13,17-18H2,1-5H3,(H,37,38)(H,39,40);1H. The Morgan fingerprint density at radius 2 is 1.49 bits per heavy atom. The van der Waals surface area contributed by atoms with Gasteiger partial charge in [-0.2, -0.15) is 0 Å². The fourth-order valence-corrected chi connectivity index (χ4v) is 4.91. The van der Waals surface area contributed by atoms with E-state index in [1.54, 1.807) is 18.2 Å². The van der Waals surface area contributed by atoms with E-state index in [-0.39, 0.29) is 84.8 Å². The molecule has 0 bridgehead atoms. The van der Waals surface area contributed by atoms with Crippen molar-refractivity contribution in [3.63, 3.8) is 0 Å². The number of carbonyl (C=O) groups excluding carboxylic acids is 1. The van der Waals surface area contributed by atoms with E-state index in [1.165, 1.54) is 19.1 Å². The minimum atomic E-state index is -0.899. The van der Waals surface area contributed by atoms with Gasteiger partial charge in [0, 0.05) is 30.5 Å². The van der Waals surface area contributed by atoms with Gasteiger partial charge in [-0.1, -0.05) is 20.8 Å². The maximum absolute atomic E-state index is 15.2. The molecule has 11 nitrogen and oxygen atoms in total. The van der Waals surface area contributed by atoms with Crippen molar-refractivity contribution in [2.75, 3.05) is 34.0 Å². The summed E-state index contributed by atoms with van der Waals surface area (Å²) in [5.74, 6) is -2.13. The Labute approximate surface area is 272 Å². The number of carbonyl (C=O) groups is 3. The number of aliphatic carboxylic acids is 2. The number of unbranched alkanes of at least 4 members (excludes halogenated alkanes) is 2. The van der Waals surface area contributed by atoms with Crippen molar-refractivity contribution >= 4 is 40.5 Å². The predicted octanol–water partition coefficient (Wildman–Crippen LogP) is 6.01. The van der Waals surface area contributed by atoms with Crippen LogP contribution in [0.5, 0.6) is 23.0 Å². The molecule has 2 aromatic rings. The second kappa shape index (κ2) is 16.4. The first kappa shape index (κ1) is 37.3. The fourth-order valence-electron chi connectivity index (χ4n) is 4.91. The van der Waals surface area contributed by atoms with Crippen LogP contribution in [-0.2, 0) is 21.5 Å². The van der Waals surface area contributed by atoms with Gasteiger partial charge in [-0.25, -0.2) is 4.39 Å².